The smallest absolute Gasteiger partial charge is 0.232 e. The van der Waals surface area contributed by atoms with Gasteiger partial charge in [-0.1, -0.05) is 0 Å². The van der Waals surface area contributed by atoms with Crippen LogP contribution in [0.25, 0.3) is 0 Å². The Hall–Kier alpha value is -0.990. The molecule has 6 nitrogen and oxygen atoms in total. The van der Waals surface area contributed by atoms with Crippen molar-refractivity contribution in [3.8, 4) is 0 Å². The number of sulfone groups is 1. The molecule has 0 bridgehead atoms. The number of nitrogens with zero attached hydrogens (tertiary/aromatic N) is 2. The molecule has 1 aromatic heterocycles. The number of carbonyl (C=O) groups excluding carboxylic acids is 1. The second-order valence-electron chi connectivity index (χ2n) is 6.21. The van der Waals surface area contributed by atoms with Crippen LogP contribution in [-0.4, -0.2) is 72.8 Å². The molecule has 0 spiro atoms. The number of furan rings is 1. The number of aryl methyl sites for hydroxylation is 1. The number of hydrogen-bond donors (Lipinski definition) is 0. The molecule has 128 valence electrons. The topological polar surface area (TPSA) is 70.8 Å². The van der Waals surface area contributed by atoms with Gasteiger partial charge >= 0.3 is 0 Å². The lowest BCUT2D eigenvalue weighted by Gasteiger charge is -2.43. The number of carbonyl (C=O) groups is 1. The Morgan fingerprint density at radius 1 is 1.30 bits per heavy atom. The predicted molar refractivity (Wildman–Crippen MR) is 90.2 cm³/mol. The number of fused-ring (bicyclic) bond motifs is 1. The van der Waals surface area contributed by atoms with E-state index in [9.17, 15) is 13.2 Å². The molecule has 3 rings (SSSR count). The standard InChI is InChI=1S/C15H22N2O4S2/c1-11-3-4-12(21-11)7-16-5-6-17(15(18)8-22-2)14-10-23(19,20)9-13(14)16/h3-4,13-14H,5-10H2,1-2H3/t13-,14+/m1/s1. The molecule has 3 heterocycles. The van der Waals surface area contributed by atoms with Gasteiger partial charge in [0.05, 0.1) is 29.8 Å². The molecular formula is C15H22N2O4S2. The fourth-order valence-electron chi connectivity index (χ4n) is 3.51. The average Bonchev–Trinajstić information content (AvgIpc) is 3.01. The van der Waals surface area contributed by atoms with Crippen molar-refractivity contribution in [1.29, 1.82) is 0 Å². The van der Waals surface area contributed by atoms with Crippen LogP contribution in [0, 0.1) is 6.92 Å². The minimum atomic E-state index is -3.10. The molecule has 1 aromatic rings. The molecule has 0 radical (unpaired) electrons. The van der Waals surface area contributed by atoms with Crippen LogP contribution in [0.5, 0.6) is 0 Å². The van der Waals surface area contributed by atoms with Crippen LogP contribution in [0.3, 0.4) is 0 Å². The molecule has 2 aliphatic rings. The third-order valence-corrected chi connectivity index (χ3v) is 6.77. The van der Waals surface area contributed by atoms with E-state index in [0.29, 0.717) is 25.4 Å². The Balaban J connectivity index is 1.79. The first-order chi connectivity index (χ1) is 10.9. The van der Waals surface area contributed by atoms with Crippen LogP contribution >= 0.6 is 11.8 Å². The molecule has 2 atom stereocenters. The van der Waals surface area contributed by atoms with Gasteiger partial charge in [0.1, 0.15) is 11.5 Å². The van der Waals surface area contributed by atoms with Gasteiger partial charge in [-0.25, -0.2) is 8.42 Å². The van der Waals surface area contributed by atoms with Crippen molar-refractivity contribution < 1.29 is 17.6 Å². The third kappa shape index (κ3) is 3.59. The van der Waals surface area contributed by atoms with Gasteiger partial charge in [-0.05, 0) is 25.3 Å². The van der Waals surface area contributed by atoms with Gasteiger partial charge < -0.3 is 9.32 Å². The minimum Gasteiger partial charge on any atom is -0.465 e. The van der Waals surface area contributed by atoms with Gasteiger partial charge in [0.15, 0.2) is 9.84 Å². The Bertz CT molecular complexity index is 685. The number of piperazine rings is 1. The van der Waals surface area contributed by atoms with Crippen molar-refractivity contribution in [2.24, 2.45) is 0 Å². The summed E-state index contributed by atoms with van der Waals surface area (Å²) in [6, 6.07) is 3.48. The van der Waals surface area contributed by atoms with Crippen LogP contribution in [0.1, 0.15) is 11.5 Å². The first-order valence-electron chi connectivity index (χ1n) is 7.68. The Morgan fingerprint density at radius 2 is 2.04 bits per heavy atom. The van der Waals surface area contributed by atoms with Crippen molar-refractivity contribution in [2.75, 3.05) is 36.6 Å². The van der Waals surface area contributed by atoms with E-state index in [-0.39, 0.29) is 29.5 Å². The quantitative estimate of drug-likeness (QED) is 0.791. The maximum atomic E-state index is 12.3. The van der Waals surface area contributed by atoms with Crippen LogP contribution in [0.2, 0.25) is 0 Å². The SMILES string of the molecule is CSCC(=O)N1CCN(Cc2ccc(C)o2)[C@@H]2CS(=O)(=O)C[C@@H]21. The van der Waals surface area contributed by atoms with E-state index in [1.807, 2.05) is 25.3 Å². The third-order valence-electron chi connectivity index (χ3n) is 4.53. The second kappa shape index (κ2) is 6.49. The molecule has 1 amide bonds. The largest absolute Gasteiger partial charge is 0.465 e. The van der Waals surface area contributed by atoms with Crippen molar-refractivity contribution in [2.45, 2.75) is 25.6 Å². The van der Waals surface area contributed by atoms with Crippen molar-refractivity contribution in [3.63, 3.8) is 0 Å². The lowest BCUT2D eigenvalue weighted by atomic mass is 10.0. The van der Waals surface area contributed by atoms with Crippen molar-refractivity contribution >= 4 is 27.5 Å². The van der Waals surface area contributed by atoms with Gasteiger partial charge in [0, 0.05) is 19.1 Å². The lowest BCUT2D eigenvalue weighted by molar-refractivity contribution is -0.134. The van der Waals surface area contributed by atoms with Gasteiger partial charge in [-0.2, -0.15) is 11.8 Å². The predicted octanol–water partition coefficient (Wildman–Crippen LogP) is 0.761. The van der Waals surface area contributed by atoms with E-state index in [2.05, 4.69) is 4.90 Å². The normalized spacial score (nSPS) is 27.1. The summed E-state index contributed by atoms with van der Waals surface area (Å²) in [6.45, 7) is 3.74. The zero-order valence-electron chi connectivity index (χ0n) is 13.4. The summed E-state index contributed by atoms with van der Waals surface area (Å²) in [5.74, 6) is 2.34. The van der Waals surface area contributed by atoms with E-state index in [1.165, 1.54) is 11.8 Å². The van der Waals surface area contributed by atoms with Gasteiger partial charge in [0.25, 0.3) is 0 Å². The maximum absolute atomic E-state index is 12.3. The Morgan fingerprint density at radius 3 is 2.70 bits per heavy atom. The van der Waals surface area contributed by atoms with Gasteiger partial charge in [-0.3, -0.25) is 9.69 Å². The molecule has 0 saturated carbocycles. The van der Waals surface area contributed by atoms with Crippen LogP contribution in [0.15, 0.2) is 16.5 Å². The fourth-order valence-corrected chi connectivity index (χ4v) is 5.93. The van der Waals surface area contributed by atoms with Gasteiger partial charge in [0.2, 0.25) is 5.91 Å². The molecular weight excluding hydrogens is 336 g/mol. The summed E-state index contributed by atoms with van der Waals surface area (Å²) in [4.78, 5) is 16.2. The molecule has 0 unspecified atom stereocenters. The van der Waals surface area contributed by atoms with E-state index < -0.39 is 9.84 Å². The van der Waals surface area contributed by atoms with Crippen molar-refractivity contribution in [3.05, 3.63) is 23.7 Å². The van der Waals surface area contributed by atoms with Crippen LogP contribution < -0.4 is 0 Å². The average molecular weight is 358 g/mol. The molecule has 2 fully saturated rings. The van der Waals surface area contributed by atoms with Crippen LogP contribution in [0.4, 0.5) is 0 Å². The highest BCUT2D eigenvalue weighted by Crippen LogP contribution is 2.29. The first kappa shape index (κ1) is 16.9. The van der Waals surface area contributed by atoms with Crippen molar-refractivity contribution in [1.82, 2.24) is 9.80 Å². The first-order valence-corrected chi connectivity index (χ1v) is 10.9. The summed E-state index contributed by atoms with van der Waals surface area (Å²) in [5.41, 5.74) is 0. The molecule has 0 aromatic carbocycles. The zero-order chi connectivity index (χ0) is 16.6. The monoisotopic (exact) mass is 358 g/mol. The highest BCUT2D eigenvalue weighted by Gasteiger charge is 2.47. The van der Waals surface area contributed by atoms with Gasteiger partial charge in [-0.15, -0.1) is 0 Å². The summed E-state index contributed by atoms with van der Waals surface area (Å²) in [6.07, 6.45) is 1.89. The minimum absolute atomic E-state index is 0.0399. The summed E-state index contributed by atoms with van der Waals surface area (Å²) >= 11 is 1.47. The zero-order valence-corrected chi connectivity index (χ0v) is 15.0. The fraction of sp³-hybridized carbons (Fsp3) is 0.667. The maximum Gasteiger partial charge on any atom is 0.232 e. The molecule has 2 aliphatic heterocycles. The Labute approximate surface area is 141 Å². The number of rotatable bonds is 4. The molecule has 23 heavy (non-hydrogen) atoms. The Kier molecular flexibility index (Phi) is 4.75. The van der Waals surface area contributed by atoms with E-state index in [0.717, 1.165) is 11.5 Å². The van der Waals surface area contributed by atoms with Crippen LogP contribution in [-0.2, 0) is 21.2 Å². The van der Waals surface area contributed by atoms with E-state index >= 15 is 0 Å². The number of hydrogen-bond acceptors (Lipinski definition) is 6. The highest BCUT2D eigenvalue weighted by molar-refractivity contribution is 7.99. The summed E-state index contributed by atoms with van der Waals surface area (Å²) < 4.78 is 29.9. The van der Waals surface area contributed by atoms with E-state index in [1.54, 1.807) is 4.90 Å². The second-order valence-corrected chi connectivity index (χ2v) is 9.23. The highest BCUT2D eigenvalue weighted by atomic mass is 32.2. The lowest BCUT2D eigenvalue weighted by Crippen LogP contribution is -2.60. The summed E-state index contributed by atoms with van der Waals surface area (Å²) in [5, 5.41) is 0. The van der Waals surface area contributed by atoms with E-state index in [4.69, 9.17) is 4.42 Å². The molecule has 0 N–H and O–H groups in total. The molecule has 2 saturated heterocycles. The summed E-state index contributed by atoms with van der Waals surface area (Å²) in [7, 11) is -3.10. The molecule has 8 heteroatoms. The number of thioether (sulfide) groups is 1. The number of amides is 1. The molecule has 0 aliphatic carbocycles.